The molecule has 0 aromatic heterocycles. The van der Waals surface area contributed by atoms with E-state index in [4.69, 9.17) is 10.00 Å². The minimum Gasteiger partial charge on any atom is -0.481 e. The summed E-state index contributed by atoms with van der Waals surface area (Å²) in [4.78, 5) is 13.6. The van der Waals surface area contributed by atoms with Crippen LogP contribution >= 0.6 is 15.9 Å². The predicted molar refractivity (Wildman–Crippen MR) is 87.1 cm³/mol. The summed E-state index contributed by atoms with van der Waals surface area (Å²) >= 11 is 3.15. The molecule has 0 aliphatic rings. The van der Waals surface area contributed by atoms with Crippen molar-refractivity contribution < 1.29 is 13.9 Å². The normalized spacial score (nSPS) is 9.96. The number of carbonyl (C=O) groups excluding carboxylic acids is 1. The fourth-order valence-corrected chi connectivity index (χ4v) is 2.28. The lowest BCUT2D eigenvalue weighted by Gasteiger charge is -2.20. The van der Waals surface area contributed by atoms with E-state index >= 15 is 0 Å². The molecule has 0 aliphatic heterocycles. The van der Waals surface area contributed by atoms with Crippen molar-refractivity contribution in [3.8, 4) is 11.8 Å². The number of hydrogen-bond donors (Lipinski definition) is 0. The largest absolute Gasteiger partial charge is 0.481 e. The summed E-state index contributed by atoms with van der Waals surface area (Å²) in [6.45, 7) is -0.0770. The standard InChI is InChI=1S/C17H14BrFN2O2/c18-14-6-7-16(15(19)10-14)23-12-17(22)21(9-8-20)11-13-4-2-1-3-5-13/h1-7,10H,9,11-12H2. The molecule has 1 amide bonds. The van der Waals surface area contributed by atoms with Gasteiger partial charge in [-0.2, -0.15) is 5.26 Å². The van der Waals surface area contributed by atoms with Gasteiger partial charge in [0, 0.05) is 11.0 Å². The summed E-state index contributed by atoms with van der Waals surface area (Å²) in [5.74, 6) is -0.932. The zero-order valence-electron chi connectivity index (χ0n) is 12.2. The van der Waals surface area contributed by atoms with Crippen LogP contribution in [0.3, 0.4) is 0 Å². The first-order chi connectivity index (χ1) is 11.1. The summed E-state index contributed by atoms with van der Waals surface area (Å²) in [5.41, 5.74) is 0.908. The highest BCUT2D eigenvalue weighted by molar-refractivity contribution is 9.10. The van der Waals surface area contributed by atoms with Gasteiger partial charge in [-0.15, -0.1) is 0 Å². The minimum absolute atomic E-state index is 0.00170. The molecule has 0 bridgehead atoms. The highest BCUT2D eigenvalue weighted by atomic mass is 79.9. The summed E-state index contributed by atoms with van der Waals surface area (Å²) in [5, 5.41) is 8.87. The van der Waals surface area contributed by atoms with E-state index in [2.05, 4.69) is 15.9 Å². The van der Waals surface area contributed by atoms with Crippen LogP contribution in [0.5, 0.6) is 5.75 Å². The van der Waals surface area contributed by atoms with Gasteiger partial charge in [0.25, 0.3) is 5.91 Å². The van der Waals surface area contributed by atoms with Crippen LogP contribution in [-0.4, -0.2) is 24.0 Å². The van der Waals surface area contributed by atoms with Crippen molar-refractivity contribution in [2.75, 3.05) is 13.2 Å². The highest BCUT2D eigenvalue weighted by Crippen LogP contribution is 2.21. The Kier molecular flexibility index (Phi) is 6.12. The maximum atomic E-state index is 13.7. The molecule has 6 heteroatoms. The molecule has 0 heterocycles. The molecule has 0 spiro atoms. The maximum Gasteiger partial charge on any atom is 0.261 e. The molecule has 0 saturated heterocycles. The third-order valence-corrected chi connectivity index (χ3v) is 3.57. The third-order valence-electron chi connectivity index (χ3n) is 3.08. The average molecular weight is 377 g/mol. The minimum atomic E-state index is -0.554. The van der Waals surface area contributed by atoms with Crippen molar-refractivity contribution >= 4 is 21.8 Å². The fourth-order valence-electron chi connectivity index (χ4n) is 1.94. The first-order valence-corrected chi connectivity index (χ1v) is 7.66. The summed E-state index contributed by atoms with van der Waals surface area (Å²) < 4.78 is 19.5. The molecular formula is C17H14BrFN2O2. The van der Waals surface area contributed by atoms with Crippen molar-refractivity contribution in [1.29, 1.82) is 5.26 Å². The van der Waals surface area contributed by atoms with Crippen LogP contribution in [0, 0.1) is 17.1 Å². The molecule has 2 aromatic rings. The van der Waals surface area contributed by atoms with Crippen LogP contribution in [0.1, 0.15) is 5.56 Å². The molecule has 0 unspecified atom stereocenters. The molecule has 118 valence electrons. The van der Waals surface area contributed by atoms with Gasteiger partial charge in [-0.05, 0) is 23.8 Å². The van der Waals surface area contributed by atoms with Crippen LogP contribution in [0.2, 0.25) is 0 Å². The number of rotatable bonds is 6. The first kappa shape index (κ1) is 17.0. The van der Waals surface area contributed by atoms with Gasteiger partial charge in [-0.25, -0.2) is 4.39 Å². The molecule has 2 rings (SSSR count). The Hall–Kier alpha value is -2.39. The van der Waals surface area contributed by atoms with Crippen LogP contribution in [0.25, 0.3) is 0 Å². The van der Waals surface area contributed by atoms with E-state index in [0.29, 0.717) is 11.0 Å². The number of nitriles is 1. The molecule has 0 atom stereocenters. The van der Waals surface area contributed by atoms with Crippen LogP contribution < -0.4 is 4.74 Å². The monoisotopic (exact) mass is 376 g/mol. The van der Waals surface area contributed by atoms with Gasteiger partial charge in [0.1, 0.15) is 6.54 Å². The fraction of sp³-hybridized carbons (Fsp3) is 0.176. The Morgan fingerprint density at radius 2 is 2.00 bits per heavy atom. The number of amides is 1. The van der Waals surface area contributed by atoms with E-state index in [-0.39, 0.29) is 24.8 Å². The zero-order chi connectivity index (χ0) is 16.7. The molecule has 0 fully saturated rings. The van der Waals surface area contributed by atoms with Crippen molar-refractivity contribution in [1.82, 2.24) is 4.90 Å². The van der Waals surface area contributed by atoms with Gasteiger partial charge in [0.2, 0.25) is 0 Å². The van der Waals surface area contributed by atoms with Gasteiger partial charge in [0.05, 0.1) is 6.07 Å². The van der Waals surface area contributed by atoms with Crippen LogP contribution in [0.15, 0.2) is 53.0 Å². The lowest BCUT2D eigenvalue weighted by molar-refractivity contribution is -0.133. The Balaban J connectivity index is 1.99. The van der Waals surface area contributed by atoms with Gasteiger partial charge in [-0.1, -0.05) is 46.3 Å². The quantitative estimate of drug-likeness (QED) is 0.724. The molecule has 0 N–H and O–H groups in total. The lowest BCUT2D eigenvalue weighted by Crippen LogP contribution is -2.34. The Morgan fingerprint density at radius 3 is 2.65 bits per heavy atom. The van der Waals surface area contributed by atoms with Crippen molar-refractivity contribution in [3.05, 3.63) is 64.4 Å². The second kappa shape index (κ2) is 8.30. The van der Waals surface area contributed by atoms with Crippen molar-refractivity contribution in [2.45, 2.75) is 6.54 Å². The third kappa shape index (κ3) is 5.08. The first-order valence-electron chi connectivity index (χ1n) is 6.86. The molecule has 2 aromatic carbocycles. The number of benzene rings is 2. The summed E-state index contributed by atoms with van der Waals surface area (Å²) in [7, 11) is 0. The number of carbonyl (C=O) groups is 1. The summed E-state index contributed by atoms with van der Waals surface area (Å²) in [6.07, 6.45) is 0. The molecule has 23 heavy (non-hydrogen) atoms. The molecule has 0 aliphatic carbocycles. The SMILES string of the molecule is N#CCN(Cc1ccccc1)C(=O)COc1ccc(Br)cc1F. The molecule has 4 nitrogen and oxygen atoms in total. The number of hydrogen-bond acceptors (Lipinski definition) is 3. The Labute approximate surface area is 142 Å². The van der Waals surface area contributed by atoms with Gasteiger partial charge >= 0.3 is 0 Å². The predicted octanol–water partition coefficient (Wildman–Crippen LogP) is 3.52. The number of ether oxygens (including phenoxy) is 1. The molecule has 0 radical (unpaired) electrons. The van der Waals surface area contributed by atoms with Crippen molar-refractivity contribution in [2.24, 2.45) is 0 Å². The van der Waals surface area contributed by atoms with E-state index < -0.39 is 5.82 Å². The molecule has 0 saturated carbocycles. The van der Waals surface area contributed by atoms with Crippen LogP contribution in [-0.2, 0) is 11.3 Å². The van der Waals surface area contributed by atoms with Crippen molar-refractivity contribution in [3.63, 3.8) is 0 Å². The highest BCUT2D eigenvalue weighted by Gasteiger charge is 2.15. The zero-order valence-corrected chi connectivity index (χ0v) is 13.8. The van der Waals surface area contributed by atoms with Crippen LogP contribution in [0.4, 0.5) is 4.39 Å². The summed E-state index contributed by atoms with van der Waals surface area (Å²) in [6, 6.07) is 15.6. The topological polar surface area (TPSA) is 53.3 Å². The Morgan fingerprint density at radius 1 is 1.26 bits per heavy atom. The second-order valence-corrected chi connectivity index (χ2v) is 5.67. The number of nitrogens with zero attached hydrogens (tertiary/aromatic N) is 2. The average Bonchev–Trinajstić information content (AvgIpc) is 2.54. The second-order valence-electron chi connectivity index (χ2n) is 4.76. The lowest BCUT2D eigenvalue weighted by atomic mass is 10.2. The number of halogens is 2. The maximum absolute atomic E-state index is 13.7. The Bertz CT molecular complexity index is 716. The van der Waals surface area contributed by atoms with E-state index in [1.165, 1.54) is 17.0 Å². The van der Waals surface area contributed by atoms with Gasteiger partial charge in [-0.3, -0.25) is 4.79 Å². The molecular weight excluding hydrogens is 363 g/mol. The van der Waals surface area contributed by atoms with Gasteiger partial charge < -0.3 is 9.64 Å². The van der Waals surface area contributed by atoms with E-state index in [1.807, 2.05) is 36.4 Å². The van der Waals surface area contributed by atoms with E-state index in [0.717, 1.165) is 5.56 Å². The smallest absolute Gasteiger partial charge is 0.261 e. The van der Waals surface area contributed by atoms with E-state index in [1.54, 1.807) is 6.07 Å². The van der Waals surface area contributed by atoms with Gasteiger partial charge in [0.15, 0.2) is 18.2 Å². The van der Waals surface area contributed by atoms with E-state index in [9.17, 15) is 9.18 Å².